The number of hydrogen-bond acceptors (Lipinski definition) is 2. The van der Waals surface area contributed by atoms with Crippen LogP contribution in [0.5, 0.6) is 0 Å². The van der Waals surface area contributed by atoms with Crippen LogP contribution in [0.1, 0.15) is 23.9 Å². The molecule has 0 spiro atoms. The highest BCUT2D eigenvalue weighted by molar-refractivity contribution is 5.47. The van der Waals surface area contributed by atoms with Crippen LogP contribution in [0.3, 0.4) is 0 Å². The Bertz CT molecular complexity index is 591. The summed E-state index contributed by atoms with van der Waals surface area (Å²) in [5, 5.41) is 7.21. The second kappa shape index (κ2) is 5.38. The summed E-state index contributed by atoms with van der Waals surface area (Å²) in [5.41, 5.74) is 2.33. The number of anilines is 1. The Hall–Kier alpha value is -1.91. The summed E-state index contributed by atoms with van der Waals surface area (Å²) in [6, 6.07) is 4.31. The lowest BCUT2D eigenvalue weighted by atomic mass is 10.2. The van der Waals surface area contributed by atoms with E-state index in [2.05, 4.69) is 10.4 Å². The van der Waals surface area contributed by atoms with Crippen molar-refractivity contribution in [2.24, 2.45) is 0 Å². The molecule has 0 saturated heterocycles. The van der Waals surface area contributed by atoms with Crippen molar-refractivity contribution >= 4 is 5.69 Å². The first kappa shape index (κ1) is 13.5. The average Bonchev–Trinajstić information content (AvgIpc) is 2.72. The molecule has 0 aliphatic carbocycles. The molecule has 5 heteroatoms. The van der Waals surface area contributed by atoms with Gasteiger partial charge in [-0.2, -0.15) is 5.10 Å². The molecule has 0 aliphatic heterocycles. The number of nitrogens with zero attached hydrogens (tertiary/aromatic N) is 2. The summed E-state index contributed by atoms with van der Waals surface area (Å²) >= 11 is 0. The van der Waals surface area contributed by atoms with Crippen molar-refractivity contribution in [2.45, 2.75) is 33.9 Å². The van der Waals surface area contributed by atoms with Gasteiger partial charge in [-0.25, -0.2) is 8.78 Å². The molecule has 0 radical (unpaired) electrons. The second-order valence-corrected chi connectivity index (χ2v) is 4.53. The fourth-order valence-electron chi connectivity index (χ4n) is 1.98. The molecule has 1 heterocycles. The summed E-state index contributed by atoms with van der Waals surface area (Å²) in [6.07, 6.45) is 0. The molecule has 0 aliphatic rings. The lowest BCUT2D eigenvalue weighted by Gasteiger charge is -2.10. The third-order valence-electron chi connectivity index (χ3n) is 2.99. The molecular weight excluding hydrogens is 248 g/mol. The Morgan fingerprint density at radius 2 is 1.89 bits per heavy atom. The van der Waals surface area contributed by atoms with E-state index in [1.165, 1.54) is 19.1 Å². The van der Waals surface area contributed by atoms with Crippen LogP contribution in [0, 0.1) is 25.5 Å². The first-order valence-electron chi connectivity index (χ1n) is 6.24. The zero-order valence-electron chi connectivity index (χ0n) is 11.3. The monoisotopic (exact) mass is 265 g/mol. The van der Waals surface area contributed by atoms with Crippen LogP contribution in [0.15, 0.2) is 18.2 Å². The van der Waals surface area contributed by atoms with Gasteiger partial charge in [-0.3, -0.25) is 4.68 Å². The van der Waals surface area contributed by atoms with Gasteiger partial charge in [0, 0.05) is 12.6 Å². The molecule has 0 fully saturated rings. The number of hydrogen-bond donors (Lipinski definition) is 1. The van der Waals surface area contributed by atoms with Gasteiger partial charge in [-0.05, 0) is 38.5 Å². The van der Waals surface area contributed by atoms with Gasteiger partial charge < -0.3 is 5.32 Å². The van der Waals surface area contributed by atoms with Gasteiger partial charge in [0.2, 0.25) is 0 Å². The van der Waals surface area contributed by atoms with Crippen LogP contribution in [-0.2, 0) is 13.1 Å². The van der Waals surface area contributed by atoms with Crippen molar-refractivity contribution in [1.82, 2.24) is 9.78 Å². The standard InChI is InChI=1S/C14H17F2N3/c1-4-19-11(6-10(3)18-19)8-17-14-7-12(15)9(2)5-13(14)16/h5-7,17H,4,8H2,1-3H3. The lowest BCUT2D eigenvalue weighted by molar-refractivity contribution is 0.592. The van der Waals surface area contributed by atoms with Gasteiger partial charge in [0.05, 0.1) is 23.6 Å². The Morgan fingerprint density at radius 3 is 2.58 bits per heavy atom. The quantitative estimate of drug-likeness (QED) is 0.918. The molecule has 0 unspecified atom stereocenters. The predicted octanol–water partition coefficient (Wildman–Crippen LogP) is 3.41. The first-order chi connectivity index (χ1) is 9.01. The Labute approximate surface area is 111 Å². The normalized spacial score (nSPS) is 10.8. The Morgan fingerprint density at radius 1 is 1.16 bits per heavy atom. The molecular formula is C14H17F2N3. The zero-order chi connectivity index (χ0) is 14.0. The van der Waals surface area contributed by atoms with Gasteiger partial charge in [0.25, 0.3) is 0 Å². The SMILES string of the molecule is CCn1nc(C)cc1CNc1cc(F)c(C)cc1F. The van der Waals surface area contributed by atoms with E-state index < -0.39 is 11.6 Å². The number of nitrogens with one attached hydrogen (secondary N) is 1. The maximum atomic E-state index is 13.7. The molecule has 0 bridgehead atoms. The first-order valence-corrected chi connectivity index (χ1v) is 6.24. The lowest BCUT2D eigenvalue weighted by Crippen LogP contribution is -2.09. The topological polar surface area (TPSA) is 29.9 Å². The predicted molar refractivity (Wildman–Crippen MR) is 71.1 cm³/mol. The van der Waals surface area contributed by atoms with E-state index in [-0.39, 0.29) is 5.69 Å². The van der Waals surface area contributed by atoms with Crippen LogP contribution in [0.25, 0.3) is 0 Å². The summed E-state index contributed by atoms with van der Waals surface area (Å²) in [6.45, 7) is 6.59. The Kier molecular flexibility index (Phi) is 3.83. The van der Waals surface area contributed by atoms with Gasteiger partial charge in [0.1, 0.15) is 11.6 Å². The summed E-state index contributed by atoms with van der Waals surface area (Å²) in [7, 11) is 0. The number of benzene rings is 1. The van der Waals surface area contributed by atoms with Crippen LogP contribution < -0.4 is 5.32 Å². The van der Waals surface area contributed by atoms with Crippen LogP contribution in [-0.4, -0.2) is 9.78 Å². The summed E-state index contributed by atoms with van der Waals surface area (Å²) < 4.78 is 28.9. The van der Waals surface area contributed by atoms with Crippen molar-refractivity contribution in [1.29, 1.82) is 0 Å². The molecule has 0 saturated carbocycles. The van der Waals surface area contributed by atoms with Crippen LogP contribution in [0.2, 0.25) is 0 Å². The van der Waals surface area contributed by atoms with Gasteiger partial charge in [-0.1, -0.05) is 0 Å². The number of halogens is 2. The molecule has 2 aromatic rings. The maximum absolute atomic E-state index is 13.7. The average molecular weight is 265 g/mol. The molecule has 2 rings (SSSR count). The van der Waals surface area contributed by atoms with E-state index in [9.17, 15) is 8.78 Å². The van der Waals surface area contributed by atoms with E-state index in [1.807, 2.05) is 24.6 Å². The van der Waals surface area contributed by atoms with Crippen molar-refractivity contribution in [3.63, 3.8) is 0 Å². The molecule has 1 N–H and O–H groups in total. The number of aryl methyl sites for hydroxylation is 3. The van der Waals surface area contributed by atoms with E-state index in [4.69, 9.17) is 0 Å². The minimum Gasteiger partial charge on any atom is -0.377 e. The van der Waals surface area contributed by atoms with Gasteiger partial charge in [0.15, 0.2) is 0 Å². The number of aromatic nitrogens is 2. The van der Waals surface area contributed by atoms with Crippen LogP contribution in [0.4, 0.5) is 14.5 Å². The largest absolute Gasteiger partial charge is 0.377 e. The fraction of sp³-hybridized carbons (Fsp3) is 0.357. The van der Waals surface area contributed by atoms with Crippen molar-refractivity contribution < 1.29 is 8.78 Å². The third-order valence-corrected chi connectivity index (χ3v) is 2.99. The smallest absolute Gasteiger partial charge is 0.146 e. The fourth-order valence-corrected chi connectivity index (χ4v) is 1.98. The Balaban J connectivity index is 2.16. The van der Waals surface area contributed by atoms with Gasteiger partial charge in [-0.15, -0.1) is 0 Å². The van der Waals surface area contributed by atoms with E-state index in [1.54, 1.807) is 0 Å². The summed E-state index contributed by atoms with van der Waals surface area (Å²) in [5.74, 6) is -0.859. The molecule has 1 aromatic carbocycles. The maximum Gasteiger partial charge on any atom is 0.146 e. The molecule has 0 amide bonds. The van der Waals surface area contributed by atoms with E-state index in [0.717, 1.165) is 17.9 Å². The van der Waals surface area contributed by atoms with Crippen molar-refractivity contribution in [3.8, 4) is 0 Å². The number of rotatable bonds is 4. The summed E-state index contributed by atoms with van der Waals surface area (Å²) in [4.78, 5) is 0. The molecule has 1 aromatic heterocycles. The molecule has 3 nitrogen and oxygen atoms in total. The van der Waals surface area contributed by atoms with Crippen LogP contribution >= 0.6 is 0 Å². The van der Waals surface area contributed by atoms with E-state index >= 15 is 0 Å². The molecule has 0 atom stereocenters. The molecule has 102 valence electrons. The van der Waals surface area contributed by atoms with Gasteiger partial charge >= 0.3 is 0 Å². The highest BCUT2D eigenvalue weighted by atomic mass is 19.1. The highest BCUT2D eigenvalue weighted by Gasteiger charge is 2.09. The minimum atomic E-state index is -0.446. The van der Waals surface area contributed by atoms with E-state index in [0.29, 0.717) is 12.1 Å². The minimum absolute atomic E-state index is 0.171. The van der Waals surface area contributed by atoms with Crippen molar-refractivity contribution in [3.05, 3.63) is 46.8 Å². The third kappa shape index (κ3) is 2.92. The highest BCUT2D eigenvalue weighted by Crippen LogP contribution is 2.19. The zero-order valence-corrected chi connectivity index (χ0v) is 11.3. The van der Waals surface area contributed by atoms with Crippen molar-refractivity contribution in [2.75, 3.05) is 5.32 Å². The molecule has 19 heavy (non-hydrogen) atoms. The second-order valence-electron chi connectivity index (χ2n) is 4.53.